The number of rotatable bonds is 7. The molecule has 1 aliphatic rings. The van der Waals surface area contributed by atoms with Gasteiger partial charge in [-0.1, -0.05) is 43.2 Å². The van der Waals surface area contributed by atoms with E-state index in [-0.39, 0.29) is 16.8 Å². The summed E-state index contributed by atoms with van der Waals surface area (Å²) in [4.78, 5) is 13.0. The van der Waals surface area contributed by atoms with Gasteiger partial charge in [-0.15, -0.1) is 11.3 Å². The van der Waals surface area contributed by atoms with E-state index in [2.05, 4.69) is 5.32 Å². The summed E-state index contributed by atoms with van der Waals surface area (Å²) in [6, 6.07) is 11.5. The summed E-state index contributed by atoms with van der Waals surface area (Å²) < 4.78 is 26.8. The lowest BCUT2D eigenvalue weighted by atomic mass is 10.2. The van der Waals surface area contributed by atoms with Crippen molar-refractivity contribution in [2.75, 3.05) is 13.6 Å². The number of nitrogens with one attached hydrogen (secondary N) is 1. The van der Waals surface area contributed by atoms with Crippen LogP contribution in [0.1, 0.15) is 40.9 Å². The van der Waals surface area contributed by atoms with Gasteiger partial charge in [-0.2, -0.15) is 0 Å². The van der Waals surface area contributed by atoms with Crippen molar-refractivity contribution in [2.24, 2.45) is 0 Å². The zero-order valence-corrected chi connectivity index (χ0v) is 16.5. The minimum atomic E-state index is -3.59. The Morgan fingerprint density at radius 2 is 1.92 bits per heavy atom. The standard InChI is InChI=1S/C19H24N2O3S2/c1-21(12-11-15-7-3-2-4-8-15)26(23,24)17-13-18(25-14-17)19(22)20-16-9-5-6-10-16/h2-4,7-8,13-14,16H,5-6,9-12H2,1H3,(H,20,22). The van der Waals surface area contributed by atoms with E-state index in [1.54, 1.807) is 12.4 Å². The lowest BCUT2D eigenvalue weighted by molar-refractivity contribution is 0.0942. The van der Waals surface area contributed by atoms with Crippen LogP contribution in [0, 0.1) is 0 Å². The van der Waals surface area contributed by atoms with E-state index in [4.69, 9.17) is 0 Å². The molecular weight excluding hydrogens is 368 g/mol. The first kappa shape index (κ1) is 19.1. The Balaban J connectivity index is 1.63. The van der Waals surface area contributed by atoms with E-state index in [1.165, 1.54) is 21.7 Å². The van der Waals surface area contributed by atoms with Crippen LogP contribution < -0.4 is 5.32 Å². The molecule has 0 saturated heterocycles. The largest absolute Gasteiger partial charge is 0.349 e. The van der Waals surface area contributed by atoms with Gasteiger partial charge in [0.2, 0.25) is 10.0 Å². The topological polar surface area (TPSA) is 66.5 Å². The fourth-order valence-electron chi connectivity index (χ4n) is 3.13. The lowest BCUT2D eigenvalue weighted by Gasteiger charge is -2.16. The van der Waals surface area contributed by atoms with Crippen molar-refractivity contribution < 1.29 is 13.2 Å². The summed E-state index contributed by atoms with van der Waals surface area (Å²) in [6.45, 7) is 0.395. The van der Waals surface area contributed by atoms with Crippen LogP contribution >= 0.6 is 11.3 Å². The third-order valence-corrected chi connectivity index (χ3v) is 7.67. The van der Waals surface area contributed by atoms with Crippen molar-refractivity contribution >= 4 is 27.3 Å². The SMILES string of the molecule is CN(CCc1ccccc1)S(=O)(=O)c1csc(C(=O)NC2CCCC2)c1. The monoisotopic (exact) mass is 392 g/mol. The second-order valence-corrected chi connectivity index (χ2v) is 9.62. The smallest absolute Gasteiger partial charge is 0.261 e. The van der Waals surface area contributed by atoms with Crippen LogP contribution in [0.4, 0.5) is 0 Å². The molecule has 1 N–H and O–H groups in total. The molecule has 0 aliphatic heterocycles. The molecule has 0 unspecified atom stereocenters. The molecule has 0 bridgehead atoms. The van der Waals surface area contributed by atoms with Crippen molar-refractivity contribution in [3.8, 4) is 0 Å². The van der Waals surface area contributed by atoms with Crippen LogP contribution in [-0.4, -0.2) is 38.3 Å². The van der Waals surface area contributed by atoms with Crippen LogP contribution in [0.15, 0.2) is 46.7 Å². The van der Waals surface area contributed by atoms with Crippen LogP contribution in [0.5, 0.6) is 0 Å². The van der Waals surface area contributed by atoms with E-state index in [0.29, 0.717) is 17.8 Å². The van der Waals surface area contributed by atoms with Gasteiger partial charge in [0.25, 0.3) is 5.91 Å². The number of sulfonamides is 1. The molecule has 0 atom stereocenters. The molecule has 1 aromatic heterocycles. The Labute approximate surface area is 159 Å². The summed E-state index contributed by atoms with van der Waals surface area (Å²) in [5.74, 6) is -0.171. The number of nitrogens with zero attached hydrogens (tertiary/aromatic N) is 1. The molecule has 7 heteroatoms. The Morgan fingerprint density at radius 3 is 2.62 bits per heavy atom. The zero-order valence-electron chi connectivity index (χ0n) is 14.8. The molecule has 26 heavy (non-hydrogen) atoms. The van der Waals surface area contributed by atoms with Gasteiger partial charge in [0.15, 0.2) is 0 Å². The molecule has 1 aromatic carbocycles. The molecule has 5 nitrogen and oxygen atoms in total. The summed E-state index contributed by atoms with van der Waals surface area (Å²) >= 11 is 1.18. The number of benzene rings is 1. The van der Waals surface area contributed by atoms with E-state index in [0.717, 1.165) is 31.2 Å². The predicted octanol–water partition coefficient (Wildman–Crippen LogP) is 3.28. The summed E-state index contributed by atoms with van der Waals surface area (Å²) in [6.07, 6.45) is 4.94. The quantitative estimate of drug-likeness (QED) is 0.786. The van der Waals surface area contributed by atoms with Crippen LogP contribution in [0.2, 0.25) is 0 Å². The number of carbonyl (C=O) groups is 1. The molecule has 1 aliphatic carbocycles. The molecule has 1 saturated carbocycles. The lowest BCUT2D eigenvalue weighted by Crippen LogP contribution is -2.32. The second-order valence-electron chi connectivity index (χ2n) is 6.66. The minimum Gasteiger partial charge on any atom is -0.349 e. The first-order chi connectivity index (χ1) is 12.5. The van der Waals surface area contributed by atoms with Gasteiger partial charge >= 0.3 is 0 Å². The number of amides is 1. The molecule has 2 aromatic rings. The highest BCUT2D eigenvalue weighted by molar-refractivity contribution is 7.89. The first-order valence-corrected chi connectivity index (χ1v) is 11.2. The Kier molecular flexibility index (Phi) is 6.11. The highest BCUT2D eigenvalue weighted by atomic mass is 32.2. The minimum absolute atomic E-state index is 0.171. The fraction of sp³-hybridized carbons (Fsp3) is 0.421. The maximum Gasteiger partial charge on any atom is 0.261 e. The van der Waals surface area contributed by atoms with Crippen LogP contribution in [-0.2, 0) is 16.4 Å². The number of hydrogen-bond donors (Lipinski definition) is 1. The van der Waals surface area contributed by atoms with Crippen molar-refractivity contribution in [3.63, 3.8) is 0 Å². The maximum atomic E-state index is 12.7. The second kappa shape index (κ2) is 8.33. The summed E-state index contributed by atoms with van der Waals surface area (Å²) in [5, 5.41) is 4.55. The Bertz CT molecular complexity index is 841. The van der Waals surface area contributed by atoms with Gasteiger partial charge in [-0.05, 0) is 30.9 Å². The van der Waals surface area contributed by atoms with Gasteiger partial charge < -0.3 is 5.32 Å². The van der Waals surface area contributed by atoms with Gasteiger partial charge in [-0.25, -0.2) is 12.7 Å². The van der Waals surface area contributed by atoms with Crippen molar-refractivity contribution in [1.29, 1.82) is 0 Å². The zero-order chi connectivity index (χ0) is 18.6. The molecule has 1 heterocycles. The molecule has 1 fully saturated rings. The van der Waals surface area contributed by atoms with E-state index in [1.807, 2.05) is 30.3 Å². The number of hydrogen-bond acceptors (Lipinski definition) is 4. The third kappa shape index (κ3) is 4.52. The van der Waals surface area contributed by atoms with E-state index >= 15 is 0 Å². The van der Waals surface area contributed by atoms with Gasteiger partial charge in [0, 0.05) is 25.0 Å². The van der Waals surface area contributed by atoms with Gasteiger partial charge in [-0.3, -0.25) is 4.79 Å². The van der Waals surface area contributed by atoms with Crippen LogP contribution in [0.25, 0.3) is 0 Å². The molecule has 0 spiro atoms. The highest BCUT2D eigenvalue weighted by Crippen LogP contribution is 2.24. The summed E-state index contributed by atoms with van der Waals surface area (Å²) in [7, 11) is -2.01. The van der Waals surface area contributed by atoms with E-state index < -0.39 is 10.0 Å². The molecule has 140 valence electrons. The number of likely N-dealkylation sites (N-methyl/N-ethyl adjacent to an activating group) is 1. The summed E-state index contributed by atoms with van der Waals surface area (Å²) in [5.41, 5.74) is 1.09. The molecule has 3 rings (SSSR count). The normalized spacial score (nSPS) is 15.5. The van der Waals surface area contributed by atoms with Gasteiger partial charge in [0.05, 0.1) is 9.77 Å². The fourth-order valence-corrected chi connectivity index (χ4v) is 5.47. The average molecular weight is 393 g/mol. The Hall–Kier alpha value is -1.70. The van der Waals surface area contributed by atoms with Crippen LogP contribution in [0.3, 0.4) is 0 Å². The van der Waals surface area contributed by atoms with Crippen molar-refractivity contribution in [3.05, 3.63) is 52.2 Å². The average Bonchev–Trinajstić information content (AvgIpc) is 3.32. The predicted molar refractivity (Wildman–Crippen MR) is 104 cm³/mol. The molecule has 1 amide bonds. The molecular formula is C19H24N2O3S2. The third-order valence-electron chi connectivity index (χ3n) is 4.76. The van der Waals surface area contributed by atoms with E-state index in [9.17, 15) is 13.2 Å². The maximum absolute atomic E-state index is 12.7. The van der Waals surface area contributed by atoms with Crippen molar-refractivity contribution in [2.45, 2.75) is 43.0 Å². The van der Waals surface area contributed by atoms with Crippen molar-refractivity contribution in [1.82, 2.24) is 9.62 Å². The highest BCUT2D eigenvalue weighted by Gasteiger charge is 2.24. The number of carbonyl (C=O) groups excluding carboxylic acids is 1. The first-order valence-electron chi connectivity index (χ1n) is 8.86. The Morgan fingerprint density at radius 1 is 1.23 bits per heavy atom. The molecule has 0 radical (unpaired) electrons. The number of thiophene rings is 1. The van der Waals surface area contributed by atoms with Gasteiger partial charge in [0.1, 0.15) is 0 Å².